The van der Waals surface area contributed by atoms with Gasteiger partial charge in [-0.3, -0.25) is 4.79 Å². The Morgan fingerprint density at radius 2 is 2.40 bits per heavy atom. The van der Waals surface area contributed by atoms with Gasteiger partial charge < -0.3 is 5.32 Å². The molecule has 3 atom stereocenters. The molecule has 1 spiro atoms. The Morgan fingerprint density at radius 1 is 1.50 bits per heavy atom. The lowest BCUT2D eigenvalue weighted by atomic mass is 9.55. The molecular weight excluding hydrogens is 126 g/mol. The first kappa shape index (κ1) is 5.30. The van der Waals surface area contributed by atoms with Gasteiger partial charge in [0.05, 0.1) is 0 Å². The standard InChI is InChI=1S/C8H11NO/c10-5-3-7-8(4-5)2-1-6(8)9-7/h6-7,9H,1-4H2. The molecule has 1 saturated heterocycles. The highest BCUT2D eigenvalue weighted by atomic mass is 16.1. The minimum atomic E-state index is 0.483. The van der Waals surface area contributed by atoms with Gasteiger partial charge in [0.25, 0.3) is 0 Å². The van der Waals surface area contributed by atoms with Crippen molar-refractivity contribution in [3.8, 4) is 0 Å². The molecule has 3 fully saturated rings. The topological polar surface area (TPSA) is 29.1 Å². The van der Waals surface area contributed by atoms with Crippen molar-refractivity contribution in [2.75, 3.05) is 0 Å². The van der Waals surface area contributed by atoms with Gasteiger partial charge in [0.1, 0.15) is 5.78 Å². The van der Waals surface area contributed by atoms with Crippen molar-refractivity contribution < 1.29 is 4.79 Å². The van der Waals surface area contributed by atoms with E-state index < -0.39 is 0 Å². The summed E-state index contributed by atoms with van der Waals surface area (Å²) in [4.78, 5) is 11.0. The van der Waals surface area contributed by atoms with Crippen LogP contribution < -0.4 is 5.32 Å². The zero-order valence-corrected chi connectivity index (χ0v) is 5.89. The van der Waals surface area contributed by atoms with E-state index >= 15 is 0 Å². The average Bonchev–Trinajstić information content (AvgIpc) is 2.21. The quantitative estimate of drug-likeness (QED) is 0.526. The van der Waals surface area contributed by atoms with Crippen LogP contribution in [0.1, 0.15) is 25.7 Å². The van der Waals surface area contributed by atoms with Gasteiger partial charge in [0, 0.05) is 30.3 Å². The molecule has 0 aromatic carbocycles. The molecule has 0 bridgehead atoms. The van der Waals surface area contributed by atoms with Crippen LogP contribution >= 0.6 is 0 Å². The summed E-state index contributed by atoms with van der Waals surface area (Å²) in [5, 5.41) is 3.44. The van der Waals surface area contributed by atoms with Crippen molar-refractivity contribution in [1.29, 1.82) is 0 Å². The summed E-state index contributed by atoms with van der Waals surface area (Å²) in [6, 6.07) is 1.31. The summed E-state index contributed by atoms with van der Waals surface area (Å²) < 4.78 is 0. The van der Waals surface area contributed by atoms with E-state index in [4.69, 9.17) is 0 Å². The van der Waals surface area contributed by atoms with E-state index in [-0.39, 0.29) is 0 Å². The third-order valence-corrected chi connectivity index (χ3v) is 3.65. The average molecular weight is 137 g/mol. The minimum Gasteiger partial charge on any atom is -0.310 e. The van der Waals surface area contributed by atoms with Gasteiger partial charge >= 0.3 is 0 Å². The van der Waals surface area contributed by atoms with Crippen LogP contribution in [0.4, 0.5) is 0 Å². The number of ketones is 1. The fourth-order valence-corrected chi connectivity index (χ4v) is 2.90. The van der Waals surface area contributed by atoms with Crippen molar-refractivity contribution in [2.45, 2.75) is 37.8 Å². The number of hydrogen-bond donors (Lipinski definition) is 1. The van der Waals surface area contributed by atoms with Gasteiger partial charge in [0.15, 0.2) is 0 Å². The predicted octanol–water partition coefficient (Wildman–Crippen LogP) is 0.470. The van der Waals surface area contributed by atoms with Gasteiger partial charge in [-0.2, -0.15) is 0 Å². The van der Waals surface area contributed by atoms with Crippen LogP contribution in [0.15, 0.2) is 0 Å². The highest BCUT2D eigenvalue weighted by Crippen LogP contribution is 2.58. The summed E-state index contributed by atoms with van der Waals surface area (Å²) in [6.45, 7) is 0. The fourth-order valence-electron chi connectivity index (χ4n) is 2.90. The molecule has 54 valence electrons. The predicted molar refractivity (Wildman–Crippen MR) is 36.6 cm³/mol. The number of carbonyl (C=O) groups excluding carboxylic acids is 1. The van der Waals surface area contributed by atoms with Crippen LogP contribution in [0.5, 0.6) is 0 Å². The smallest absolute Gasteiger partial charge is 0.135 e. The van der Waals surface area contributed by atoms with Gasteiger partial charge in [-0.05, 0) is 12.8 Å². The van der Waals surface area contributed by atoms with Crippen LogP contribution in [-0.4, -0.2) is 17.9 Å². The fraction of sp³-hybridized carbons (Fsp3) is 0.875. The number of piperidine rings is 1. The van der Waals surface area contributed by atoms with E-state index in [0.717, 1.165) is 18.9 Å². The largest absolute Gasteiger partial charge is 0.310 e. The summed E-state index contributed by atoms with van der Waals surface area (Å²) in [6.07, 6.45) is 4.32. The number of nitrogens with one attached hydrogen (secondary N) is 1. The molecule has 0 aromatic heterocycles. The molecule has 2 aliphatic carbocycles. The van der Waals surface area contributed by atoms with E-state index in [1.165, 1.54) is 12.8 Å². The van der Waals surface area contributed by atoms with Gasteiger partial charge in [-0.25, -0.2) is 0 Å². The Morgan fingerprint density at radius 3 is 2.80 bits per heavy atom. The molecule has 0 amide bonds. The first-order chi connectivity index (χ1) is 4.81. The van der Waals surface area contributed by atoms with E-state index in [9.17, 15) is 4.79 Å². The molecule has 1 aliphatic heterocycles. The molecule has 0 aromatic rings. The number of carbonyl (C=O) groups is 1. The van der Waals surface area contributed by atoms with Crippen LogP contribution in [0.3, 0.4) is 0 Å². The minimum absolute atomic E-state index is 0.483. The lowest BCUT2D eigenvalue weighted by Gasteiger charge is -2.61. The Labute approximate surface area is 60.0 Å². The maximum absolute atomic E-state index is 11.0. The zero-order valence-electron chi connectivity index (χ0n) is 5.89. The van der Waals surface area contributed by atoms with Gasteiger partial charge in [-0.1, -0.05) is 0 Å². The number of Topliss-reactive ketones (excluding diaryl/α,β-unsaturated/α-hetero) is 1. The van der Waals surface area contributed by atoms with Crippen LogP contribution in [0.2, 0.25) is 0 Å². The second-order valence-electron chi connectivity index (χ2n) is 3.96. The lowest BCUT2D eigenvalue weighted by molar-refractivity contribution is -0.119. The lowest BCUT2D eigenvalue weighted by Crippen LogP contribution is -2.73. The van der Waals surface area contributed by atoms with Crippen LogP contribution in [0, 0.1) is 5.41 Å². The van der Waals surface area contributed by atoms with Crippen LogP contribution in [-0.2, 0) is 4.79 Å². The first-order valence-electron chi connectivity index (χ1n) is 4.09. The third-order valence-electron chi connectivity index (χ3n) is 3.65. The normalized spacial score (nSPS) is 56.6. The Bertz CT molecular complexity index is 213. The molecular formula is C8H11NO. The summed E-state index contributed by atoms with van der Waals surface area (Å²) in [5.41, 5.74) is 0.483. The number of rotatable bonds is 0. The monoisotopic (exact) mass is 137 g/mol. The van der Waals surface area contributed by atoms with Gasteiger partial charge in [0.2, 0.25) is 0 Å². The molecule has 2 nitrogen and oxygen atoms in total. The molecule has 0 radical (unpaired) electrons. The second kappa shape index (κ2) is 1.30. The Hall–Kier alpha value is -0.370. The van der Waals surface area contributed by atoms with E-state index in [2.05, 4.69) is 5.32 Å². The van der Waals surface area contributed by atoms with Crippen LogP contribution in [0.25, 0.3) is 0 Å². The molecule has 2 heteroatoms. The van der Waals surface area contributed by atoms with Gasteiger partial charge in [-0.15, -0.1) is 0 Å². The molecule has 1 heterocycles. The molecule has 1 N–H and O–H groups in total. The first-order valence-corrected chi connectivity index (χ1v) is 4.09. The second-order valence-corrected chi connectivity index (χ2v) is 3.96. The summed E-state index contributed by atoms with van der Waals surface area (Å²) in [7, 11) is 0. The maximum atomic E-state index is 11.0. The molecule has 2 saturated carbocycles. The van der Waals surface area contributed by atoms with Crippen molar-refractivity contribution in [2.24, 2.45) is 5.41 Å². The van der Waals surface area contributed by atoms with E-state index in [0.29, 0.717) is 17.2 Å². The van der Waals surface area contributed by atoms with Crippen molar-refractivity contribution in [3.63, 3.8) is 0 Å². The number of hydrogen-bond acceptors (Lipinski definition) is 2. The maximum Gasteiger partial charge on any atom is 0.135 e. The SMILES string of the molecule is O=C1CC2NC3CCC32C1. The Balaban J connectivity index is 1.96. The molecule has 3 aliphatic rings. The summed E-state index contributed by atoms with van der Waals surface area (Å²) in [5.74, 6) is 0.486. The highest BCUT2D eigenvalue weighted by molar-refractivity contribution is 5.84. The van der Waals surface area contributed by atoms with Crippen molar-refractivity contribution in [1.82, 2.24) is 5.32 Å². The highest BCUT2D eigenvalue weighted by Gasteiger charge is 2.64. The van der Waals surface area contributed by atoms with E-state index in [1.807, 2.05) is 0 Å². The Kier molecular flexibility index (Phi) is 0.691. The van der Waals surface area contributed by atoms with E-state index in [1.54, 1.807) is 0 Å². The summed E-state index contributed by atoms with van der Waals surface area (Å²) >= 11 is 0. The zero-order chi connectivity index (χ0) is 6.77. The van der Waals surface area contributed by atoms with Crippen molar-refractivity contribution >= 4 is 5.78 Å². The molecule has 3 unspecified atom stereocenters. The van der Waals surface area contributed by atoms with Crippen molar-refractivity contribution in [3.05, 3.63) is 0 Å². The third kappa shape index (κ3) is 0.357. The molecule has 10 heavy (non-hydrogen) atoms. The molecule has 3 rings (SSSR count).